The van der Waals surface area contributed by atoms with Gasteiger partial charge in [0.25, 0.3) is 0 Å². The summed E-state index contributed by atoms with van der Waals surface area (Å²) in [5, 5.41) is 3.04. The second-order valence-electron chi connectivity index (χ2n) is 6.29. The van der Waals surface area contributed by atoms with Gasteiger partial charge in [-0.15, -0.1) is 12.4 Å². The minimum Gasteiger partial charge on any atom is -0.493 e. The molecule has 0 radical (unpaired) electrons. The Balaban J connectivity index is 0.00000441. The molecule has 3 N–H and O–H groups in total. The van der Waals surface area contributed by atoms with E-state index in [9.17, 15) is 4.79 Å². The number of halogens is 1. The zero-order valence-corrected chi connectivity index (χ0v) is 14.8. The highest BCUT2D eigenvalue weighted by molar-refractivity contribution is 5.85. The van der Waals surface area contributed by atoms with Crippen molar-refractivity contribution in [2.45, 2.75) is 46.1 Å². The molecule has 1 aromatic carbocycles. The van der Waals surface area contributed by atoms with Gasteiger partial charge < -0.3 is 15.8 Å². The van der Waals surface area contributed by atoms with Gasteiger partial charge >= 0.3 is 0 Å². The van der Waals surface area contributed by atoms with Gasteiger partial charge in [-0.3, -0.25) is 4.79 Å². The van der Waals surface area contributed by atoms with E-state index >= 15 is 0 Å². The first-order valence-electron chi connectivity index (χ1n) is 7.59. The maximum Gasteiger partial charge on any atom is 0.220 e. The number of hydrogen-bond acceptors (Lipinski definition) is 3. The van der Waals surface area contributed by atoms with Crippen LogP contribution in [0, 0.1) is 5.92 Å². The van der Waals surface area contributed by atoms with E-state index in [4.69, 9.17) is 10.5 Å². The summed E-state index contributed by atoms with van der Waals surface area (Å²) in [5.74, 6) is 1.39. The average Bonchev–Trinajstić information content (AvgIpc) is 2.43. The molecule has 1 rings (SSSR count). The normalized spacial score (nSPS) is 11.0. The van der Waals surface area contributed by atoms with Crippen molar-refractivity contribution in [3.63, 3.8) is 0 Å². The smallest absolute Gasteiger partial charge is 0.220 e. The highest BCUT2D eigenvalue weighted by Gasteiger charge is 2.22. The van der Waals surface area contributed by atoms with E-state index in [-0.39, 0.29) is 18.3 Å². The Hall–Kier alpha value is -1.26. The molecule has 0 aliphatic rings. The van der Waals surface area contributed by atoms with Gasteiger partial charge in [-0.1, -0.05) is 26.0 Å². The van der Waals surface area contributed by atoms with Crippen molar-refractivity contribution < 1.29 is 9.53 Å². The molecule has 1 amide bonds. The lowest BCUT2D eigenvalue weighted by molar-refractivity contribution is -0.122. The van der Waals surface area contributed by atoms with Crippen molar-refractivity contribution in [3.8, 4) is 5.75 Å². The first kappa shape index (κ1) is 20.7. The van der Waals surface area contributed by atoms with Crippen molar-refractivity contribution in [2.75, 3.05) is 13.2 Å². The molecule has 0 unspecified atom stereocenters. The van der Waals surface area contributed by atoms with Crippen LogP contribution in [0.1, 0.15) is 46.1 Å². The molecule has 0 spiro atoms. The van der Waals surface area contributed by atoms with Crippen LogP contribution in [0.4, 0.5) is 0 Å². The second kappa shape index (κ2) is 9.70. The van der Waals surface area contributed by atoms with Crippen LogP contribution in [0.15, 0.2) is 24.3 Å². The Morgan fingerprint density at radius 2 is 1.86 bits per heavy atom. The second-order valence-corrected chi connectivity index (χ2v) is 6.29. The van der Waals surface area contributed by atoms with E-state index in [1.807, 2.05) is 38.1 Å². The van der Waals surface area contributed by atoms with Gasteiger partial charge in [0.05, 0.1) is 12.1 Å². The topological polar surface area (TPSA) is 64.3 Å². The monoisotopic (exact) mass is 328 g/mol. The predicted molar refractivity (Wildman–Crippen MR) is 93.5 cm³/mol. The molecule has 0 saturated heterocycles. The quantitative estimate of drug-likeness (QED) is 0.770. The Morgan fingerprint density at radius 1 is 1.27 bits per heavy atom. The summed E-state index contributed by atoms with van der Waals surface area (Å²) >= 11 is 0. The van der Waals surface area contributed by atoms with Gasteiger partial charge in [0.15, 0.2) is 0 Å². The lowest BCUT2D eigenvalue weighted by atomic mass is 9.94. The molecule has 22 heavy (non-hydrogen) atoms. The summed E-state index contributed by atoms with van der Waals surface area (Å²) < 4.78 is 5.67. The first-order chi connectivity index (χ1) is 9.85. The Morgan fingerprint density at radius 3 is 2.36 bits per heavy atom. The van der Waals surface area contributed by atoms with E-state index in [0.29, 0.717) is 31.9 Å². The van der Waals surface area contributed by atoms with Crippen LogP contribution in [0.3, 0.4) is 0 Å². The van der Waals surface area contributed by atoms with Crippen LogP contribution in [0.2, 0.25) is 0 Å². The molecule has 126 valence electrons. The van der Waals surface area contributed by atoms with Gasteiger partial charge in [-0.05, 0) is 50.4 Å². The Kier molecular flexibility index (Phi) is 9.14. The molecule has 0 saturated carbocycles. The summed E-state index contributed by atoms with van der Waals surface area (Å²) in [6.07, 6.45) is 1.18. The van der Waals surface area contributed by atoms with Crippen LogP contribution >= 0.6 is 12.4 Å². The largest absolute Gasteiger partial charge is 0.493 e. The van der Waals surface area contributed by atoms with Crippen molar-refractivity contribution in [2.24, 2.45) is 11.7 Å². The molecule has 0 heterocycles. The van der Waals surface area contributed by atoms with Gasteiger partial charge in [0, 0.05) is 6.42 Å². The number of carbonyl (C=O) groups is 1. The fourth-order valence-electron chi connectivity index (χ4n) is 1.98. The van der Waals surface area contributed by atoms with Crippen molar-refractivity contribution in [1.82, 2.24) is 5.32 Å². The molecule has 0 aliphatic carbocycles. The fraction of sp³-hybridized carbons (Fsp3) is 0.588. The maximum absolute atomic E-state index is 11.8. The molecule has 0 bridgehead atoms. The lowest BCUT2D eigenvalue weighted by Gasteiger charge is -2.27. The van der Waals surface area contributed by atoms with E-state index < -0.39 is 5.54 Å². The number of hydrogen-bond donors (Lipinski definition) is 2. The van der Waals surface area contributed by atoms with Crippen LogP contribution in [0.25, 0.3) is 0 Å². The van der Waals surface area contributed by atoms with E-state index in [1.165, 1.54) is 0 Å². The van der Waals surface area contributed by atoms with Gasteiger partial charge in [-0.25, -0.2) is 0 Å². The number of ether oxygens (including phenoxy) is 1. The molecular formula is C17H29ClN2O2. The Labute approximate surface area is 140 Å². The van der Waals surface area contributed by atoms with Crippen LogP contribution < -0.4 is 15.8 Å². The molecule has 4 nitrogen and oxygen atoms in total. The van der Waals surface area contributed by atoms with Crippen molar-refractivity contribution >= 4 is 18.3 Å². The van der Waals surface area contributed by atoms with E-state index in [2.05, 4.69) is 19.2 Å². The number of benzene rings is 1. The molecule has 0 aromatic heterocycles. The summed E-state index contributed by atoms with van der Waals surface area (Å²) in [6.45, 7) is 9.48. The number of carbonyl (C=O) groups excluding carboxylic acids is 1. The predicted octanol–water partition coefficient (Wildman–Crippen LogP) is 3.23. The van der Waals surface area contributed by atoms with Crippen LogP contribution in [-0.2, 0) is 10.3 Å². The van der Waals surface area contributed by atoms with E-state index in [1.54, 1.807) is 0 Å². The molecule has 0 aliphatic heterocycles. The minimum atomic E-state index is -0.401. The summed E-state index contributed by atoms with van der Waals surface area (Å²) in [4.78, 5) is 11.8. The van der Waals surface area contributed by atoms with Crippen LogP contribution in [-0.4, -0.2) is 19.1 Å². The Bertz CT molecular complexity index is 444. The summed E-state index contributed by atoms with van der Waals surface area (Å²) in [7, 11) is 0. The van der Waals surface area contributed by atoms with E-state index in [0.717, 1.165) is 11.3 Å². The third-order valence-electron chi connectivity index (χ3n) is 3.22. The fourth-order valence-corrected chi connectivity index (χ4v) is 1.98. The number of amides is 1. The van der Waals surface area contributed by atoms with Crippen LogP contribution in [0.5, 0.6) is 5.75 Å². The zero-order valence-electron chi connectivity index (χ0n) is 14.0. The molecule has 5 heteroatoms. The summed E-state index contributed by atoms with van der Waals surface area (Å²) in [6, 6.07) is 7.90. The van der Waals surface area contributed by atoms with Gasteiger partial charge in [0.2, 0.25) is 5.91 Å². The molecule has 0 atom stereocenters. The summed E-state index contributed by atoms with van der Waals surface area (Å²) in [5.41, 5.74) is 6.08. The average molecular weight is 329 g/mol. The highest BCUT2D eigenvalue weighted by atomic mass is 35.5. The standard InChI is InChI=1S/C17H28N2O2.ClH/c1-13(2)12-21-15-9-7-14(8-10-15)17(3,4)19-16(20)6-5-11-18;/h7-10,13H,5-6,11-12,18H2,1-4H3,(H,19,20);1H. The van der Waals surface area contributed by atoms with Gasteiger partial charge in [-0.2, -0.15) is 0 Å². The number of nitrogens with two attached hydrogens (primary N) is 1. The van der Waals surface area contributed by atoms with Gasteiger partial charge in [0.1, 0.15) is 5.75 Å². The SMILES string of the molecule is CC(C)COc1ccc(C(C)(C)NC(=O)CCCN)cc1.Cl. The first-order valence-corrected chi connectivity index (χ1v) is 7.59. The van der Waals surface area contributed by atoms with Crippen molar-refractivity contribution in [3.05, 3.63) is 29.8 Å². The zero-order chi connectivity index (χ0) is 15.9. The maximum atomic E-state index is 11.8. The highest BCUT2D eigenvalue weighted by Crippen LogP contribution is 2.23. The third-order valence-corrected chi connectivity index (χ3v) is 3.22. The minimum absolute atomic E-state index is 0. The molecule has 0 fully saturated rings. The molecule has 1 aromatic rings. The molecular weight excluding hydrogens is 300 g/mol. The third kappa shape index (κ3) is 7.14. The number of nitrogens with one attached hydrogen (secondary N) is 1. The lowest BCUT2D eigenvalue weighted by Crippen LogP contribution is -2.41. The number of rotatable bonds is 8. The van der Waals surface area contributed by atoms with Crippen molar-refractivity contribution in [1.29, 1.82) is 0 Å².